The number of thioether (sulfide) groups is 1. The van der Waals surface area contributed by atoms with Gasteiger partial charge in [0, 0.05) is 5.75 Å². The fraction of sp³-hybridized carbons (Fsp3) is 0.200. The summed E-state index contributed by atoms with van der Waals surface area (Å²) in [6.07, 6.45) is 0. The minimum absolute atomic E-state index is 0.202. The Morgan fingerprint density at radius 1 is 1.44 bits per heavy atom. The van der Waals surface area contributed by atoms with Crippen molar-refractivity contribution >= 4 is 28.2 Å². The lowest BCUT2D eigenvalue weighted by atomic mass is 10.1. The summed E-state index contributed by atoms with van der Waals surface area (Å²) < 4.78 is 13.7. The summed E-state index contributed by atoms with van der Waals surface area (Å²) in [6, 6.07) is 4.80. The first-order chi connectivity index (χ1) is 7.65. The van der Waals surface area contributed by atoms with Crippen molar-refractivity contribution in [1.82, 2.24) is 10.2 Å². The summed E-state index contributed by atoms with van der Waals surface area (Å²) in [4.78, 5) is 0. The first-order valence-electron chi connectivity index (χ1n) is 4.62. The predicted molar refractivity (Wildman–Crippen MR) is 65.0 cm³/mol. The normalized spacial score (nSPS) is 10.6. The SMILES string of the molecule is Cc1cc(F)ccc1CSc1nnc(N)s1. The number of halogens is 1. The molecule has 3 nitrogen and oxygen atoms in total. The van der Waals surface area contributed by atoms with Gasteiger partial charge in [-0.15, -0.1) is 10.2 Å². The molecule has 0 radical (unpaired) electrons. The summed E-state index contributed by atoms with van der Waals surface area (Å²) >= 11 is 2.92. The van der Waals surface area contributed by atoms with Gasteiger partial charge in [0.1, 0.15) is 5.82 Å². The maximum Gasteiger partial charge on any atom is 0.203 e. The fourth-order valence-electron chi connectivity index (χ4n) is 1.24. The summed E-state index contributed by atoms with van der Waals surface area (Å²) in [5, 5.41) is 8.11. The van der Waals surface area contributed by atoms with Gasteiger partial charge in [-0.2, -0.15) is 0 Å². The first-order valence-corrected chi connectivity index (χ1v) is 6.42. The van der Waals surface area contributed by atoms with Crippen molar-refractivity contribution in [2.75, 3.05) is 5.73 Å². The summed E-state index contributed by atoms with van der Waals surface area (Å²) in [5.41, 5.74) is 7.53. The summed E-state index contributed by atoms with van der Waals surface area (Å²) in [7, 11) is 0. The minimum Gasteiger partial charge on any atom is -0.374 e. The number of hydrogen-bond acceptors (Lipinski definition) is 5. The van der Waals surface area contributed by atoms with E-state index in [2.05, 4.69) is 10.2 Å². The molecule has 1 aromatic carbocycles. The molecule has 2 aromatic rings. The van der Waals surface area contributed by atoms with E-state index in [-0.39, 0.29) is 5.82 Å². The quantitative estimate of drug-likeness (QED) is 0.857. The zero-order valence-corrected chi connectivity index (χ0v) is 10.2. The number of hydrogen-bond donors (Lipinski definition) is 1. The van der Waals surface area contributed by atoms with Crippen LogP contribution in [0.25, 0.3) is 0 Å². The Labute approximate surface area is 101 Å². The van der Waals surface area contributed by atoms with E-state index < -0.39 is 0 Å². The molecule has 6 heteroatoms. The second kappa shape index (κ2) is 4.80. The van der Waals surface area contributed by atoms with Crippen LogP contribution in [0.5, 0.6) is 0 Å². The zero-order chi connectivity index (χ0) is 11.5. The molecular weight excluding hydrogens is 245 g/mol. The monoisotopic (exact) mass is 255 g/mol. The number of nitrogen functional groups attached to an aromatic ring is 1. The molecule has 0 unspecified atom stereocenters. The van der Waals surface area contributed by atoms with Crippen molar-refractivity contribution in [1.29, 1.82) is 0 Å². The van der Waals surface area contributed by atoms with E-state index >= 15 is 0 Å². The second-order valence-corrected chi connectivity index (χ2v) is 5.50. The molecule has 0 saturated carbocycles. The van der Waals surface area contributed by atoms with E-state index in [1.807, 2.05) is 6.92 Å². The third-order valence-electron chi connectivity index (χ3n) is 2.08. The number of aryl methyl sites for hydroxylation is 1. The smallest absolute Gasteiger partial charge is 0.203 e. The Balaban J connectivity index is 2.04. The van der Waals surface area contributed by atoms with Crippen LogP contribution in [0.3, 0.4) is 0 Å². The number of benzene rings is 1. The van der Waals surface area contributed by atoms with Gasteiger partial charge in [0.25, 0.3) is 0 Å². The lowest BCUT2D eigenvalue weighted by Gasteiger charge is -2.03. The Morgan fingerprint density at radius 3 is 2.88 bits per heavy atom. The molecule has 2 rings (SSSR count). The highest BCUT2D eigenvalue weighted by Crippen LogP contribution is 2.27. The molecule has 1 heterocycles. The lowest BCUT2D eigenvalue weighted by molar-refractivity contribution is 0.626. The van der Waals surface area contributed by atoms with Crippen LogP contribution in [0.4, 0.5) is 9.52 Å². The van der Waals surface area contributed by atoms with Gasteiger partial charge in [-0.05, 0) is 30.2 Å². The van der Waals surface area contributed by atoms with Crippen molar-refractivity contribution in [3.8, 4) is 0 Å². The van der Waals surface area contributed by atoms with Crippen LogP contribution >= 0.6 is 23.1 Å². The number of anilines is 1. The highest BCUT2D eigenvalue weighted by Gasteiger charge is 2.04. The van der Waals surface area contributed by atoms with Crippen LogP contribution in [0.1, 0.15) is 11.1 Å². The number of rotatable bonds is 3. The van der Waals surface area contributed by atoms with Gasteiger partial charge in [0.2, 0.25) is 5.13 Å². The van der Waals surface area contributed by atoms with Gasteiger partial charge in [0.15, 0.2) is 4.34 Å². The molecule has 2 N–H and O–H groups in total. The second-order valence-electron chi connectivity index (χ2n) is 3.27. The molecule has 0 aliphatic carbocycles. The maximum absolute atomic E-state index is 12.9. The number of nitrogens with zero attached hydrogens (tertiary/aromatic N) is 2. The molecule has 0 amide bonds. The molecule has 0 aliphatic rings. The largest absolute Gasteiger partial charge is 0.374 e. The van der Waals surface area contributed by atoms with Gasteiger partial charge in [-0.1, -0.05) is 29.2 Å². The molecule has 84 valence electrons. The van der Waals surface area contributed by atoms with Gasteiger partial charge in [0.05, 0.1) is 0 Å². The third-order valence-corrected chi connectivity index (χ3v) is 4.01. The van der Waals surface area contributed by atoms with E-state index in [0.29, 0.717) is 5.13 Å². The fourth-order valence-corrected chi connectivity index (χ4v) is 2.95. The van der Waals surface area contributed by atoms with Crippen LogP contribution in [-0.2, 0) is 5.75 Å². The van der Waals surface area contributed by atoms with E-state index in [1.165, 1.54) is 23.5 Å². The molecule has 0 fully saturated rings. The highest BCUT2D eigenvalue weighted by molar-refractivity contribution is 8.00. The third kappa shape index (κ3) is 2.70. The van der Waals surface area contributed by atoms with Crippen LogP contribution in [0, 0.1) is 12.7 Å². The molecule has 1 aromatic heterocycles. The Hall–Kier alpha value is -1.14. The predicted octanol–water partition coefficient (Wildman–Crippen LogP) is 2.86. The minimum atomic E-state index is -0.202. The maximum atomic E-state index is 12.9. The van der Waals surface area contributed by atoms with E-state index in [0.717, 1.165) is 21.2 Å². The summed E-state index contributed by atoms with van der Waals surface area (Å²) in [6.45, 7) is 1.90. The van der Waals surface area contributed by atoms with Crippen molar-refractivity contribution in [2.45, 2.75) is 17.0 Å². The average Bonchev–Trinajstić information content (AvgIpc) is 2.63. The molecule has 0 saturated heterocycles. The standard InChI is InChI=1S/C10H10FN3S2/c1-6-4-8(11)3-2-7(6)5-15-10-14-13-9(12)16-10/h2-4H,5H2,1H3,(H2,12,13). The van der Waals surface area contributed by atoms with Crippen LogP contribution in [0.2, 0.25) is 0 Å². The highest BCUT2D eigenvalue weighted by atomic mass is 32.2. The Bertz CT molecular complexity index is 499. The lowest BCUT2D eigenvalue weighted by Crippen LogP contribution is -1.87. The zero-order valence-electron chi connectivity index (χ0n) is 8.61. The topological polar surface area (TPSA) is 51.8 Å². The first kappa shape index (κ1) is 11.3. The molecular formula is C10H10FN3S2. The van der Waals surface area contributed by atoms with Crippen molar-refractivity contribution in [3.05, 3.63) is 35.1 Å². The molecule has 16 heavy (non-hydrogen) atoms. The Morgan fingerprint density at radius 2 is 2.25 bits per heavy atom. The van der Waals surface area contributed by atoms with Crippen molar-refractivity contribution in [3.63, 3.8) is 0 Å². The van der Waals surface area contributed by atoms with Crippen LogP contribution in [0.15, 0.2) is 22.5 Å². The summed E-state index contributed by atoms with van der Waals surface area (Å²) in [5.74, 6) is 0.548. The van der Waals surface area contributed by atoms with Crippen molar-refractivity contribution < 1.29 is 4.39 Å². The van der Waals surface area contributed by atoms with Crippen molar-refractivity contribution in [2.24, 2.45) is 0 Å². The van der Waals surface area contributed by atoms with Gasteiger partial charge in [-0.3, -0.25) is 0 Å². The van der Waals surface area contributed by atoms with Crippen LogP contribution in [-0.4, -0.2) is 10.2 Å². The number of aromatic nitrogens is 2. The molecule has 0 atom stereocenters. The number of nitrogens with two attached hydrogens (primary N) is 1. The Kier molecular flexibility index (Phi) is 3.40. The molecule has 0 spiro atoms. The van der Waals surface area contributed by atoms with Gasteiger partial charge in [-0.25, -0.2) is 4.39 Å². The van der Waals surface area contributed by atoms with Crippen LogP contribution < -0.4 is 5.73 Å². The van der Waals surface area contributed by atoms with E-state index in [1.54, 1.807) is 17.8 Å². The molecule has 0 aliphatic heterocycles. The van der Waals surface area contributed by atoms with E-state index in [9.17, 15) is 4.39 Å². The van der Waals surface area contributed by atoms with Gasteiger partial charge < -0.3 is 5.73 Å². The molecule has 0 bridgehead atoms. The average molecular weight is 255 g/mol. The van der Waals surface area contributed by atoms with E-state index in [4.69, 9.17) is 5.73 Å². The van der Waals surface area contributed by atoms with Gasteiger partial charge >= 0.3 is 0 Å².